The van der Waals surface area contributed by atoms with E-state index in [1.54, 1.807) is 25.6 Å². The summed E-state index contributed by atoms with van der Waals surface area (Å²) in [4.78, 5) is 11.0. The van der Waals surface area contributed by atoms with E-state index in [-0.39, 0.29) is 6.54 Å². The Morgan fingerprint density at radius 2 is 2.06 bits per heavy atom. The Morgan fingerprint density at radius 1 is 1.44 bits per heavy atom. The molecule has 1 aromatic heterocycles. The summed E-state index contributed by atoms with van der Waals surface area (Å²) in [6, 6.07) is 0. The fraction of sp³-hybridized carbons (Fsp3) is 0.600. The van der Waals surface area contributed by atoms with Crippen LogP contribution in [0.1, 0.15) is 17.0 Å². The van der Waals surface area contributed by atoms with Crippen molar-refractivity contribution in [2.75, 3.05) is 6.61 Å². The van der Waals surface area contributed by atoms with Gasteiger partial charge in [-0.1, -0.05) is 0 Å². The number of alkyl halides is 3. The zero-order valence-corrected chi connectivity index (χ0v) is 10.3. The summed E-state index contributed by atoms with van der Waals surface area (Å²) in [5, 5.41) is 6.37. The molecule has 18 heavy (non-hydrogen) atoms. The Labute approximate surface area is 102 Å². The molecule has 0 unspecified atom stereocenters. The van der Waals surface area contributed by atoms with Crippen molar-refractivity contribution < 1.29 is 22.7 Å². The Kier molecular flexibility index (Phi) is 4.20. The first-order chi connectivity index (χ1) is 8.20. The third-order valence-electron chi connectivity index (χ3n) is 2.44. The van der Waals surface area contributed by atoms with E-state index in [9.17, 15) is 18.0 Å². The molecular weight excluding hydrogens is 251 g/mol. The van der Waals surface area contributed by atoms with E-state index in [0.29, 0.717) is 5.69 Å². The summed E-state index contributed by atoms with van der Waals surface area (Å²) in [6.45, 7) is 2.05. The molecule has 0 bridgehead atoms. The normalized spacial score (nSPS) is 11.4. The van der Waals surface area contributed by atoms with Gasteiger partial charge in [-0.2, -0.15) is 18.3 Å². The van der Waals surface area contributed by atoms with E-state index in [1.165, 1.54) is 0 Å². The standard InChI is InChI=1S/C10H14F3N3O2/c1-6-8(7(2)16(3)15-6)4-14-9(17)18-5-10(11,12)13/h4-5H2,1-3H3,(H,14,17). The highest BCUT2D eigenvalue weighted by atomic mass is 19.4. The van der Waals surface area contributed by atoms with Gasteiger partial charge in [0.15, 0.2) is 6.61 Å². The quantitative estimate of drug-likeness (QED) is 0.907. The molecule has 1 aromatic rings. The first-order valence-corrected chi connectivity index (χ1v) is 5.17. The monoisotopic (exact) mass is 265 g/mol. The van der Waals surface area contributed by atoms with E-state index >= 15 is 0 Å². The zero-order chi connectivity index (χ0) is 13.9. The predicted octanol–water partition coefficient (Wildman–Crippen LogP) is 1.83. The maximum atomic E-state index is 11.8. The molecule has 102 valence electrons. The summed E-state index contributed by atoms with van der Waals surface area (Å²) < 4.78 is 41.0. The number of carbonyl (C=O) groups is 1. The summed E-state index contributed by atoms with van der Waals surface area (Å²) in [5.74, 6) is 0. The first kappa shape index (κ1) is 14.3. The van der Waals surface area contributed by atoms with Crippen LogP contribution in [0.4, 0.5) is 18.0 Å². The lowest BCUT2D eigenvalue weighted by molar-refractivity contribution is -0.160. The lowest BCUT2D eigenvalue weighted by Gasteiger charge is -2.09. The minimum absolute atomic E-state index is 0.0855. The van der Waals surface area contributed by atoms with E-state index < -0.39 is 18.9 Å². The first-order valence-electron chi connectivity index (χ1n) is 5.17. The van der Waals surface area contributed by atoms with Gasteiger partial charge in [0.2, 0.25) is 0 Å². The lowest BCUT2D eigenvalue weighted by atomic mass is 10.2. The molecule has 1 rings (SSSR count). The third kappa shape index (κ3) is 3.94. The minimum atomic E-state index is -4.52. The van der Waals surface area contributed by atoms with Gasteiger partial charge in [0.05, 0.1) is 5.69 Å². The van der Waals surface area contributed by atoms with Crippen LogP contribution in [0.2, 0.25) is 0 Å². The zero-order valence-electron chi connectivity index (χ0n) is 10.3. The predicted molar refractivity (Wildman–Crippen MR) is 56.9 cm³/mol. The maximum absolute atomic E-state index is 11.8. The van der Waals surface area contributed by atoms with Gasteiger partial charge >= 0.3 is 12.3 Å². The number of rotatable bonds is 3. The van der Waals surface area contributed by atoms with Gasteiger partial charge in [0, 0.05) is 24.8 Å². The summed E-state index contributed by atoms with van der Waals surface area (Å²) >= 11 is 0. The van der Waals surface area contributed by atoms with Crippen molar-refractivity contribution in [3.8, 4) is 0 Å². The highest BCUT2D eigenvalue weighted by Gasteiger charge is 2.29. The van der Waals surface area contributed by atoms with Crippen molar-refractivity contribution in [2.24, 2.45) is 7.05 Å². The molecule has 5 nitrogen and oxygen atoms in total. The fourth-order valence-electron chi connectivity index (χ4n) is 1.43. The Balaban J connectivity index is 2.48. The van der Waals surface area contributed by atoms with E-state index in [2.05, 4.69) is 15.2 Å². The van der Waals surface area contributed by atoms with Crippen molar-refractivity contribution in [2.45, 2.75) is 26.6 Å². The number of carbonyl (C=O) groups excluding carboxylic acids is 1. The number of amides is 1. The molecule has 0 spiro atoms. The number of hydrogen-bond donors (Lipinski definition) is 1. The second-order valence-electron chi connectivity index (χ2n) is 3.82. The molecule has 0 saturated heterocycles. The summed E-state index contributed by atoms with van der Waals surface area (Å²) in [7, 11) is 1.74. The molecule has 0 aliphatic heterocycles. The molecule has 0 atom stereocenters. The molecule has 0 aromatic carbocycles. The number of aryl methyl sites for hydroxylation is 2. The third-order valence-corrected chi connectivity index (χ3v) is 2.44. The number of hydrogen-bond acceptors (Lipinski definition) is 3. The highest BCUT2D eigenvalue weighted by molar-refractivity contribution is 5.67. The molecular formula is C10H14F3N3O2. The van der Waals surface area contributed by atoms with Crippen LogP contribution in [0.25, 0.3) is 0 Å². The smallest absolute Gasteiger partial charge is 0.422 e. The molecule has 8 heteroatoms. The number of alkyl carbamates (subject to hydrolysis) is 1. The number of halogens is 3. The summed E-state index contributed by atoms with van der Waals surface area (Å²) in [6.07, 6.45) is -5.62. The largest absolute Gasteiger partial charge is 0.440 e. The topological polar surface area (TPSA) is 56.2 Å². The fourth-order valence-corrected chi connectivity index (χ4v) is 1.43. The van der Waals surface area contributed by atoms with Gasteiger partial charge in [-0.05, 0) is 13.8 Å². The number of nitrogens with one attached hydrogen (secondary N) is 1. The van der Waals surface area contributed by atoms with Crippen molar-refractivity contribution in [1.29, 1.82) is 0 Å². The second-order valence-corrected chi connectivity index (χ2v) is 3.82. The van der Waals surface area contributed by atoms with E-state index in [4.69, 9.17) is 0 Å². The van der Waals surface area contributed by atoms with Crippen molar-refractivity contribution in [3.63, 3.8) is 0 Å². The molecule has 1 amide bonds. The van der Waals surface area contributed by atoms with Crippen molar-refractivity contribution >= 4 is 6.09 Å². The van der Waals surface area contributed by atoms with Crippen molar-refractivity contribution in [1.82, 2.24) is 15.1 Å². The van der Waals surface area contributed by atoms with Gasteiger partial charge < -0.3 is 10.1 Å². The van der Waals surface area contributed by atoms with Crippen LogP contribution < -0.4 is 5.32 Å². The molecule has 1 N–H and O–H groups in total. The van der Waals surface area contributed by atoms with Crippen LogP contribution in [0, 0.1) is 13.8 Å². The average molecular weight is 265 g/mol. The minimum Gasteiger partial charge on any atom is -0.440 e. The highest BCUT2D eigenvalue weighted by Crippen LogP contribution is 2.15. The molecule has 0 radical (unpaired) electrons. The number of nitrogens with zero attached hydrogens (tertiary/aromatic N) is 2. The Bertz CT molecular complexity index is 440. The van der Waals surface area contributed by atoms with Crippen LogP contribution in [0.15, 0.2) is 0 Å². The van der Waals surface area contributed by atoms with Crippen LogP contribution in [0.3, 0.4) is 0 Å². The Hall–Kier alpha value is -1.73. The lowest BCUT2D eigenvalue weighted by Crippen LogP contribution is -2.28. The number of ether oxygens (including phenoxy) is 1. The maximum Gasteiger partial charge on any atom is 0.422 e. The van der Waals surface area contributed by atoms with E-state index in [1.807, 2.05) is 0 Å². The van der Waals surface area contributed by atoms with Crippen molar-refractivity contribution in [3.05, 3.63) is 17.0 Å². The van der Waals surface area contributed by atoms with Crippen LogP contribution in [0.5, 0.6) is 0 Å². The van der Waals surface area contributed by atoms with Gasteiger partial charge in [-0.15, -0.1) is 0 Å². The molecule has 0 aliphatic carbocycles. The Morgan fingerprint density at radius 3 is 2.50 bits per heavy atom. The van der Waals surface area contributed by atoms with Gasteiger partial charge in [0.25, 0.3) is 0 Å². The van der Waals surface area contributed by atoms with Gasteiger partial charge in [-0.25, -0.2) is 4.79 Å². The molecule has 1 heterocycles. The molecule has 0 aliphatic rings. The van der Waals surface area contributed by atoms with Gasteiger partial charge in [0.1, 0.15) is 0 Å². The van der Waals surface area contributed by atoms with Crippen LogP contribution in [-0.4, -0.2) is 28.7 Å². The molecule has 0 saturated carbocycles. The average Bonchev–Trinajstić information content (AvgIpc) is 2.47. The molecule has 0 fully saturated rings. The van der Waals surface area contributed by atoms with Crippen LogP contribution in [-0.2, 0) is 18.3 Å². The van der Waals surface area contributed by atoms with Crippen LogP contribution >= 0.6 is 0 Å². The summed E-state index contributed by atoms with van der Waals surface area (Å²) in [5.41, 5.74) is 2.32. The van der Waals surface area contributed by atoms with Gasteiger partial charge in [-0.3, -0.25) is 4.68 Å². The van der Waals surface area contributed by atoms with E-state index in [0.717, 1.165) is 11.3 Å². The SMILES string of the molecule is Cc1nn(C)c(C)c1CNC(=O)OCC(F)(F)F. The second kappa shape index (κ2) is 5.28. The number of aromatic nitrogens is 2.